The summed E-state index contributed by atoms with van der Waals surface area (Å²) in [7, 11) is -2.74. The van der Waals surface area contributed by atoms with E-state index in [0.717, 1.165) is 24.0 Å². The monoisotopic (exact) mass is 492 g/mol. The second-order valence-electron chi connectivity index (χ2n) is 7.84. The maximum absolute atomic E-state index is 13.4. The molecular weight excluding hydrogens is 468 g/mol. The number of fused-ring (bicyclic) bond motifs is 1. The van der Waals surface area contributed by atoms with E-state index in [4.69, 9.17) is 10.00 Å². The zero-order chi connectivity index (χ0) is 24.8. The fourth-order valence-electron chi connectivity index (χ4n) is 3.64. The lowest BCUT2D eigenvalue weighted by Gasteiger charge is -2.27. The van der Waals surface area contributed by atoms with Gasteiger partial charge in [-0.3, -0.25) is 4.90 Å². The number of ether oxygens (including phenoxy) is 1. The van der Waals surface area contributed by atoms with Gasteiger partial charge in [-0.1, -0.05) is 0 Å². The van der Waals surface area contributed by atoms with E-state index in [-0.39, 0.29) is 10.5 Å². The Balaban J connectivity index is 1.55. The Labute approximate surface area is 203 Å². The number of sulfonamides is 1. The van der Waals surface area contributed by atoms with Crippen LogP contribution in [-0.2, 0) is 14.8 Å². The summed E-state index contributed by atoms with van der Waals surface area (Å²) in [5.74, 6) is 0. The molecule has 2 aromatic heterocycles. The second kappa shape index (κ2) is 10.5. The summed E-state index contributed by atoms with van der Waals surface area (Å²) >= 11 is 0. The molecule has 0 amide bonds. The lowest BCUT2D eigenvalue weighted by atomic mass is 10.2. The predicted octanol–water partition coefficient (Wildman–Crippen LogP) is 1.48. The first-order valence-corrected chi connectivity index (χ1v) is 12.3. The normalized spacial score (nSPS) is 14.6. The average Bonchev–Trinajstić information content (AvgIpc) is 3.30. The first-order chi connectivity index (χ1) is 16.9. The van der Waals surface area contributed by atoms with Crippen molar-refractivity contribution in [1.29, 1.82) is 10.5 Å². The van der Waals surface area contributed by atoms with Gasteiger partial charge in [-0.05, 0) is 30.3 Å². The van der Waals surface area contributed by atoms with Crippen molar-refractivity contribution in [1.82, 2.24) is 18.9 Å². The molecule has 3 heterocycles. The van der Waals surface area contributed by atoms with Crippen molar-refractivity contribution < 1.29 is 13.2 Å². The molecule has 1 aliphatic heterocycles. The Morgan fingerprint density at radius 3 is 2.69 bits per heavy atom. The Bertz CT molecular complexity index is 1430. The summed E-state index contributed by atoms with van der Waals surface area (Å²) in [5, 5.41) is 30.0. The van der Waals surface area contributed by atoms with Crippen LogP contribution in [0.2, 0.25) is 0 Å². The lowest BCUT2D eigenvalue weighted by molar-refractivity contribution is 0.0398. The Morgan fingerprint density at radius 1 is 1.20 bits per heavy atom. The van der Waals surface area contributed by atoms with Crippen LogP contribution in [0.5, 0.6) is 0 Å². The largest absolute Gasteiger partial charge is 0.383 e. The first-order valence-electron chi connectivity index (χ1n) is 10.9. The molecule has 0 unspecified atom stereocenters. The standard InChI is InChI=1S/C23H24N8O3S/c1-29(27-16-20-17-28-31-6-4-19(15-25)12-22(20)31)35(32,33)23-13-18(14-24)2-3-21(23)26-5-7-30-8-10-34-11-9-30/h2-4,6,12-13,16-17,26H,5,7-11H2,1H3. The zero-order valence-corrected chi connectivity index (χ0v) is 19.9. The molecule has 3 aromatic rings. The van der Waals surface area contributed by atoms with Gasteiger partial charge < -0.3 is 10.1 Å². The molecule has 0 radical (unpaired) electrons. The molecule has 180 valence electrons. The van der Waals surface area contributed by atoms with Crippen molar-refractivity contribution in [3.8, 4) is 12.1 Å². The van der Waals surface area contributed by atoms with Crippen LogP contribution >= 0.6 is 0 Å². The molecule has 0 aliphatic carbocycles. The van der Waals surface area contributed by atoms with Crippen molar-refractivity contribution in [2.75, 3.05) is 51.8 Å². The Hall–Kier alpha value is -3.97. The van der Waals surface area contributed by atoms with E-state index < -0.39 is 10.0 Å². The molecule has 35 heavy (non-hydrogen) atoms. The number of nitriles is 2. The van der Waals surface area contributed by atoms with Crippen molar-refractivity contribution in [2.24, 2.45) is 5.10 Å². The second-order valence-corrected chi connectivity index (χ2v) is 9.76. The predicted molar refractivity (Wildman–Crippen MR) is 129 cm³/mol. The average molecular weight is 493 g/mol. The maximum Gasteiger partial charge on any atom is 0.280 e. The summed E-state index contributed by atoms with van der Waals surface area (Å²) < 4.78 is 34.5. The number of hydrazone groups is 1. The van der Waals surface area contributed by atoms with Crippen LogP contribution < -0.4 is 5.32 Å². The zero-order valence-electron chi connectivity index (χ0n) is 19.1. The number of hydrogen-bond donors (Lipinski definition) is 1. The molecule has 1 aromatic carbocycles. The Kier molecular flexibility index (Phi) is 7.27. The lowest BCUT2D eigenvalue weighted by Crippen LogP contribution is -2.39. The highest BCUT2D eigenvalue weighted by Gasteiger charge is 2.24. The number of anilines is 1. The van der Waals surface area contributed by atoms with E-state index in [9.17, 15) is 13.7 Å². The molecule has 12 heteroatoms. The number of morpholine rings is 1. The molecule has 1 N–H and O–H groups in total. The minimum atomic E-state index is -4.07. The van der Waals surface area contributed by atoms with Crippen LogP contribution in [0.15, 0.2) is 52.7 Å². The molecular formula is C23H24N8O3S. The fraction of sp³-hybridized carbons (Fsp3) is 0.304. The van der Waals surface area contributed by atoms with Crippen molar-refractivity contribution in [2.45, 2.75) is 4.90 Å². The SMILES string of the molecule is CN(N=Cc1cnn2ccc(C#N)cc12)S(=O)(=O)c1cc(C#N)ccc1NCCN1CCOCC1. The minimum absolute atomic E-state index is 0.0372. The highest BCUT2D eigenvalue weighted by Crippen LogP contribution is 2.26. The van der Waals surface area contributed by atoms with Crippen LogP contribution in [0.25, 0.3) is 5.52 Å². The van der Waals surface area contributed by atoms with Gasteiger partial charge in [0.2, 0.25) is 0 Å². The number of rotatable bonds is 8. The van der Waals surface area contributed by atoms with Gasteiger partial charge in [0.25, 0.3) is 10.0 Å². The van der Waals surface area contributed by atoms with Gasteiger partial charge in [0, 0.05) is 45.0 Å². The van der Waals surface area contributed by atoms with Crippen LogP contribution in [-0.4, -0.2) is 80.0 Å². The third-order valence-electron chi connectivity index (χ3n) is 5.62. The van der Waals surface area contributed by atoms with Crippen molar-refractivity contribution in [3.05, 3.63) is 59.4 Å². The van der Waals surface area contributed by atoms with Crippen LogP contribution in [0.3, 0.4) is 0 Å². The number of nitrogens with zero attached hydrogens (tertiary/aromatic N) is 7. The summed E-state index contributed by atoms with van der Waals surface area (Å²) in [6.45, 7) is 4.29. The minimum Gasteiger partial charge on any atom is -0.383 e. The maximum atomic E-state index is 13.4. The van der Waals surface area contributed by atoms with E-state index in [1.165, 1.54) is 25.5 Å². The first kappa shape index (κ1) is 24.2. The number of hydrogen-bond acceptors (Lipinski definition) is 9. The van der Waals surface area contributed by atoms with Gasteiger partial charge in [-0.2, -0.15) is 33.6 Å². The third-order valence-corrected chi connectivity index (χ3v) is 7.31. The molecule has 1 fully saturated rings. The van der Waals surface area contributed by atoms with E-state index >= 15 is 0 Å². The van der Waals surface area contributed by atoms with Crippen LogP contribution in [0, 0.1) is 22.7 Å². The van der Waals surface area contributed by atoms with Gasteiger partial charge in [0.05, 0.1) is 60.1 Å². The number of nitrogens with one attached hydrogen (secondary N) is 1. The topological polar surface area (TPSA) is 139 Å². The van der Waals surface area contributed by atoms with E-state index in [1.807, 2.05) is 6.07 Å². The van der Waals surface area contributed by atoms with Crippen LogP contribution in [0.4, 0.5) is 5.69 Å². The third kappa shape index (κ3) is 5.41. The summed E-state index contributed by atoms with van der Waals surface area (Å²) in [6.07, 6.45) is 4.56. The molecule has 0 spiro atoms. The summed E-state index contributed by atoms with van der Waals surface area (Å²) in [4.78, 5) is 2.20. The molecule has 0 saturated carbocycles. The molecule has 1 saturated heterocycles. The summed E-state index contributed by atoms with van der Waals surface area (Å²) in [5.41, 5.74) is 2.25. The smallest absolute Gasteiger partial charge is 0.280 e. The fourth-order valence-corrected chi connectivity index (χ4v) is 4.79. The number of pyridine rings is 1. The highest BCUT2D eigenvalue weighted by atomic mass is 32.2. The van der Waals surface area contributed by atoms with Crippen molar-refractivity contribution in [3.63, 3.8) is 0 Å². The quantitative estimate of drug-likeness (QED) is 0.368. The van der Waals surface area contributed by atoms with Gasteiger partial charge in [-0.25, -0.2) is 4.52 Å². The van der Waals surface area contributed by atoms with Crippen molar-refractivity contribution >= 4 is 27.4 Å². The van der Waals surface area contributed by atoms with E-state index in [2.05, 4.69) is 26.5 Å². The van der Waals surface area contributed by atoms with Gasteiger partial charge >= 0.3 is 0 Å². The van der Waals surface area contributed by atoms with E-state index in [0.29, 0.717) is 42.1 Å². The van der Waals surface area contributed by atoms with Crippen LogP contribution in [0.1, 0.15) is 16.7 Å². The molecule has 0 atom stereocenters. The van der Waals surface area contributed by atoms with Gasteiger partial charge in [0.15, 0.2) is 0 Å². The molecule has 4 rings (SSSR count). The molecule has 11 nitrogen and oxygen atoms in total. The van der Waals surface area contributed by atoms with E-state index in [1.54, 1.807) is 35.0 Å². The number of aromatic nitrogens is 2. The number of benzene rings is 1. The molecule has 0 bridgehead atoms. The summed E-state index contributed by atoms with van der Waals surface area (Å²) in [6, 6.07) is 11.8. The highest BCUT2D eigenvalue weighted by molar-refractivity contribution is 7.89. The van der Waals surface area contributed by atoms with Gasteiger partial charge in [0.1, 0.15) is 4.90 Å². The van der Waals surface area contributed by atoms with Gasteiger partial charge in [-0.15, -0.1) is 0 Å². The molecule has 1 aliphatic rings. The Morgan fingerprint density at radius 2 is 1.94 bits per heavy atom.